The Bertz CT molecular complexity index is 691. The molecule has 5 atom stereocenters. The fraction of sp³-hybridized carbons (Fsp3) is 0.529. The molecule has 4 heteroatoms. The highest BCUT2D eigenvalue weighted by Crippen LogP contribution is 2.62. The molecule has 2 aliphatic carbocycles. The fourth-order valence-electron chi connectivity index (χ4n) is 5.23. The summed E-state index contributed by atoms with van der Waals surface area (Å²) in [7, 11) is 2.19. The molecule has 1 saturated heterocycles. The summed E-state index contributed by atoms with van der Waals surface area (Å²) in [5, 5.41) is 15.3. The third-order valence-corrected chi connectivity index (χ3v) is 6.13. The number of likely N-dealkylation sites (tertiary alicyclic amines) is 1. The second-order valence-corrected chi connectivity index (χ2v) is 6.91. The van der Waals surface area contributed by atoms with Crippen LogP contribution in [0.15, 0.2) is 24.3 Å². The van der Waals surface area contributed by atoms with Crippen molar-refractivity contribution in [3.05, 3.63) is 35.4 Å². The molecule has 0 saturated carbocycles. The van der Waals surface area contributed by atoms with E-state index in [2.05, 4.69) is 24.1 Å². The number of likely N-dealkylation sites (N-methyl/N-ethyl adjacent to an activating group) is 1. The normalized spacial score (nSPS) is 43.0. The predicted molar refractivity (Wildman–Crippen MR) is 77.6 cm³/mol. The number of piperidine rings is 1. The Hall–Kier alpha value is -1.52. The summed E-state index contributed by atoms with van der Waals surface area (Å²) in [5.41, 5.74) is 2.32. The molecular weight excluding hydrogens is 266 g/mol. The highest BCUT2D eigenvalue weighted by Gasteiger charge is 2.64. The van der Waals surface area contributed by atoms with Crippen LogP contribution in [0.25, 0.3) is 0 Å². The first-order valence-corrected chi connectivity index (χ1v) is 7.69. The van der Waals surface area contributed by atoms with Gasteiger partial charge in [0.15, 0.2) is 11.5 Å². The summed E-state index contributed by atoms with van der Waals surface area (Å²) in [6.45, 7) is 1.01. The van der Waals surface area contributed by atoms with Gasteiger partial charge in [-0.15, -0.1) is 0 Å². The summed E-state index contributed by atoms with van der Waals surface area (Å²) in [4.78, 5) is 2.44. The Kier molecular flexibility index (Phi) is 1.92. The van der Waals surface area contributed by atoms with Crippen molar-refractivity contribution in [2.24, 2.45) is 5.92 Å². The highest BCUT2D eigenvalue weighted by atomic mass is 16.5. The lowest BCUT2D eigenvalue weighted by Crippen LogP contribution is -2.64. The molecule has 0 amide bonds. The maximum atomic E-state index is 10.5. The number of phenols is 1. The zero-order chi connectivity index (χ0) is 15.1. The summed E-state index contributed by atoms with van der Waals surface area (Å²) in [5.74, 6) is 1.51. The monoisotopic (exact) mass is 286 g/mol. The van der Waals surface area contributed by atoms with E-state index in [-0.39, 0.29) is 11.5 Å². The number of phenolic OH excluding ortho intramolecular Hbond substituents is 1. The van der Waals surface area contributed by atoms with Crippen LogP contribution in [0.4, 0.5) is 0 Å². The standard InChI is InChI=1S/C17H19NO3/c1-18-7-6-17-10-3-5-13(20)16(17)21-15-12(19)4-2-9(14(15)17)8-11(10)18/h2-5,10-11,13,16,19-20H,6-8H2,1H3/t10-,11+,13-,16-,17-/m0/s1/i/hD. The summed E-state index contributed by atoms with van der Waals surface area (Å²) in [6.07, 6.45) is 5.17. The molecule has 5 rings (SSSR count). The second-order valence-electron chi connectivity index (χ2n) is 6.91. The van der Waals surface area contributed by atoms with Crippen LogP contribution >= 0.6 is 0 Å². The number of hydrogen-bond donors (Lipinski definition) is 2. The zero-order valence-electron chi connectivity index (χ0n) is 13.0. The van der Waals surface area contributed by atoms with Crippen molar-refractivity contribution in [3.8, 4) is 11.5 Å². The van der Waals surface area contributed by atoms with Crippen LogP contribution in [0.2, 0.25) is 0 Å². The zero-order valence-corrected chi connectivity index (χ0v) is 12.0. The van der Waals surface area contributed by atoms with Crippen molar-refractivity contribution < 1.29 is 15.0 Å². The Morgan fingerprint density at radius 3 is 3.19 bits per heavy atom. The van der Waals surface area contributed by atoms with E-state index < -0.39 is 6.10 Å². The minimum atomic E-state index is -0.600. The largest absolute Gasteiger partial charge is 0.504 e. The summed E-state index contributed by atoms with van der Waals surface area (Å²) in [6, 6.07) is 4.35. The maximum Gasteiger partial charge on any atom is 0.293 e. The minimum absolute atomic E-state index is 0.164. The Balaban J connectivity index is 1.82. The molecule has 2 N–H and O–H groups in total. The van der Waals surface area contributed by atoms with Gasteiger partial charge in [-0.2, -0.15) is 0 Å². The fourth-order valence-corrected chi connectivity index (χ4v) is 5.23. The topological polar surface area (TPSA) is 52.9 Å². The van der Waals surface area contributed by atoms with Crippen molar-refractivity contribution >= 4 is 0 Å². The van der Waals surface area contributed by atoms with Gasteiger partial charge >= 0.3 is 0 Å². The van der Waals surface area contributed by atoms with Crippen molar-refractivity contribution in [2.45, 2.75) is 36.5 Å². The Morgan fingerprint density at radius 2 is 2.33 bits per heavy atom. The molecule has 0 unspecified atom stereocenters. The molecule has 1 aromatic carbocycles. The van der Waals surface area contributed by atoms with Gasteiger partial charge < -0.3 is 19.9 Å². The minimum Gasteiger partial charge on any atom is -0.504 e. The van der Waals surface area contributed by atoms with Crippen LogP contribution < -0.4 is 4.74 Å². The summed E-state index contributed by atoms with van der Waals surface area (Å²) < 4.78 is 13.5. The quantitative estimate of drug-likeness (QED) is 0.762. The lowest BCUT2D eigenvalue weighted by molar-refractivity contribution is -0.0453. The Labute approximate surface area is 125 Å². The van der Waals surface area contributed by atoms with Crippen LogP contribution in [0.5, 0.6) is 11.5 Å². The van der Waals surface area contributed by atoms with Crippen molar-refractivity contribution in [2.75, 3.05) is 13.6 Å². The first-order chi connectivity index (χ1) is 10.7. The molecular formula is C17H19NO3. The average molecular weight is 286 g/mol. The number of aromatic hydroxyl groups is 1. The number of ether oxygens (including phenoxy) is 1. The van der Waals surface area contributed by atoms with E-state index in [9.17, 15) is 5.11 Å². The van der Waals surface area contributed by atoms with Gasteiger partial charge in [0, 0.05) is 22.9 Å². The molecule has 110 valence electrons. The van der Waals surface area contributed by atoms with E-state index in [1.165, 1.54) is 11.1 Å². The number of nitrogens with zero attached hydrogens (tertiary/aromatic N) is 1. The molecule has 2 heterocycles. The van der Waals surface area contributed by atoms with Gasteiger partial charge in [0.25, 0.3) is 1.43 Å². The number of rotatable bonds is 1. The molecule has 0 radical (unpaired) electrons. The Morgan fingerprint density at radius 1 is 1.43 bits per heavy atom. The van der Waals surface area contributed by atoms with Gasteiger partial charge in [0.2, 0.25) is 0 Å². The molecule has 1 fully saturated rings. The van der Waals surface area contributed by atoms with E-state index in [1.807, 2.05) is 12.1 Å². The van der Waals surface area contributed by atoms with Crippen molar-refractivity contribution in [1.29, 1.82) is 1.43 Å². The van der Waals surface area contributed by atoms with Crippen molar-refractivity contribution in [1.82, 2.24) is 4.90 Å². The molecule has 0 aromatic heterocycles. The third kappa shape index (κ3) is 1.21. The SMILES string of the molecule is [2H]Oc1ccc2c3c1O[C@H]1[C@@H](O)C=C[C@H]4[C@@H](C2)N(C)CC[C@@]341. The van der Waals surface area contributed by atoms with Crippen LogP contribution in [-0.2, 0) is 11.8 Å². The molecule has 4 aliphatic rings. The van der Waals surface area contributed by atoms with Crippen LogP contribution in [0.3, 0.4) is 0 Å². The van der Waals surface area contributed by atoms with E-state index >= 15 is 0 Å². The summed E-state index contributed by atoms with van der Waals surface area (Å²) >= 11 is 0. The maximum absolute atomic E-state index is 10.5. The van der Waals surface area contributed by atoms with Crippen molar-refractivity contribution in [3.63, 3.8) is 0 Å². The number of benzene rings is 1. The van der Waals surface area contributed by atoms with Gasteiger partial charge in [-0.25, -0.2) is 0 Å². The number of aliphatic hydroxyl groups excluding tert-OH is 1. The van der Waals surface area contributed by atoms with Crippen LogP contribution in [0, 0.1) is 5.92 Å². The molecule has 21 heavy (non-hydrogen) atoms. The predicted octanol–water partition coefficient (Wildman–Crippen LogP) is 1.20. The second kappa shape index (κ2) is 3.62. The van der Waals surface area contributed by atoms with Crippen LogP contribution in [0.1, 0.15) is 17.5 Å². The average Bonchev–Trinajstić information content (AvgIpc) is 2.88. The first-order valence-electron chi connectivity index (χ1n) is 8.10. The van der Waals surface area contributed by atoms with E-state index in [4.69, 9.17) is 11.3 Å². The van der Waals surface area contributed by atoms with Gasteiger partial charge in [0.1, 0.15) is 12.2 Å². The smallest absolute Gasteiger partial charge is 0.293 e. The highest BCUT2D eigenvalue weighted by molar-refractivity contribution is 5.61. The van der Waals surface area contributed by atoms with E-state index in [1.54, 1.807) is 0 Å². The number of aliphatic hydroxyl groups is 1. The third-order valence-electron chi connectivity index (χ3n) is 6.13. The van der Waals surface area contributed by atoms with E-state index in [0.29, 0.717) is 23.5 Å². The van der Waals surface area contributed by atoms with Crippen LogP contribution in [-0.4, -0.2) is 48.4 Å². The van der Waals surface area contributed by atoms with Gasteiger partial charge in [-0.1, -0.05) is 18.2 Å². The number of hydrogen-bond acceptors (Lipinski definition) is 4. The van der Waals surface area contributed by atoms with E-state index in [0.717, 1.165) is 19.4 Å². The molecule has 2 aliphatic heterocycles. The van der Waals surface area contributed by atoms with Gasteiger partial charge in [-0.05, 0) is 38.1 Å². The van der Waals surface area contributed by atoms with Gasteiger partial charge in [-0.3, -0.25) is 0 Å². The lowest BCUT2D eigenvalue weighted by atomic mass is 9.53. The van der Waals surface area contributed by atoms with Gasteiger partial charge in [0.05, 0.1) is 0 Å². The molecule has 1 spiro atoms. The molecule has 1 aromatic rings. The first kappa shape index (κ1) is 11.1. The molecule has 2 bridgehead atoms. The lowest BCUT2D eigenvalue weighted by Gasteiger charge is -2.56. The molecule has 4 nitrogen and oxygen atoms in total.